The van der Waals surface area contributed by atoms with E-state index in [2.05, 4.69) is 6.07 Å². The molecule has 0 saturated heterocycles. The Morgan fingerprint density at radius 3 is 2.47 bits per heavy atom. The van der Waals surface area contributed by atoms with Crippen molar-refractivity contribution in [2.45, 2.75) is 12.8 Å². The Morgan fingerprint density at radius 1 is 1.07 bits per heavy atom. The van der Waals surface area contributed by atoms with Crippen LogP contribution in [0.2, 0.25) is 5.02 Å². The summed E-state index contributed by atoms with van der Waals surface area (Å²) in [7, 11) is 0. The van der Waals surface area contributed by atoms with Gasteiger partial charge in [-0.05, 0) is 0 Å². The van der Waals surface area contributed by atoms with Crippen molar-refractivity contribution >= 4 is 11.6 Å². The highest BCUT2D eigenvalue weighted by atomic mass is 35.5. The average molecular weight is 222 g/mol. The minimum Gasteiger partial charge on any atom is -0.491 e. The summed E-state index contributed by atoms with van der Waals surface area (Å²) in [5, 5.41) is 9.76. The largest absolute Gasteiger partial charge is 0.491 e. The molecule has 0 aliphatic carbocycles. The van der Waals surface area contributed by atoms with Crippen LogP contribution in [0.25, 0.3) is 0 Å². The number of nitrogens with zero attached hydrogens (tertiary/aromatic N) is 1. The molecule has 0 N–H and O–H groups in total. The molecule has 0 saturated carbocycles. The summed E-state index contributed by atoms with van der Waals surface area (Å²) in [6.07, 6.45) is 1.51. The molecule has 0 fully saturated rings. The second-order valence-corrected chi connectivity index (χ2v) is 3.99. The predicted molar refractivity (Wildman–Crippen MR) is 54.6 cm³/mol. The van der Waals surface area contributed by atoms with Crippen LogP contribution in [-0.4, -0.2) is 13.2 Å². The molecule has 0 radical (unpaired) electrons. The van der Waals surface area contributed by atoms with E-state index < -0.39 is 0 Å². The molecular formula is C11H8ClNO2. The summed E-state index contributed by atoms with van der Waals surface area (Å²) in [5.74, 6) is 1.37. The molecule has 0 spiro atoms. The Bertz CT molecular complexity index is 455. The van der Waals surface area contributed by atoms with Gasteiger partial charge in [0.05, 0.1) is 18.2 Å². The van der Waals surface area contributed by atoms with Crippen molar-refractivity contribution in [3.63, 3.8) is 0 Å². The molecule has 0 atom stereocenters. The molecule has 1 aromatic carbocycles. The highest BCUT2D eigenvalue weighted by Gasteiger charge is 2.30. The van der Waals surface area contributed by atoms with Crippen LogP contribution < -0.4 is 9.47 Å². The van der Waals surface area contributed by atoms with Crippen molar-refractivity contribution in [3.05, 3.63) is 21.7 Å². The Morgan fingerprint density at radius 2 is 1.73 bits per heavy atom. The smallest absolute Gasteiger partial charge is 0.143 e. The molecule has 2 heterocycles. The maximum Gasteiger partial charge on any atom is 0.143 e. The number of nitriles is 1. The molecule has 0 unspecified atom stereocenters. The molecule has 2 aliphatic rings. The zero-order valence-electron chi connectivity index (χ0n) is 7.97. The van der Waals surface area contributed by atoms with E-state index in [-0.39, 0.29) is 0 Å². The van der Waals surface area contributed by atoms with Crippen LogP contribution in [0.5, 0.6) is 11.5 Å². The minimum atomic E-state index is 0.604. The quantitative estimate of drug-likeness (QED) is 0.674. The van der Waals surface area contributed by atoms with E-state index in [1.165, 1.54) is 0 Å². The van der Waals surface area contributed by atoms with Gasteiger partial charge in [-0.1, -0.05) is 11.6 Å². The summed E-state index contributed by atoms with van der Waals surface area (Å²) in [5.41, 5.74) is 2.44. The van der Waals surface area contributed by atoms with Crippen molar-refractivity contribution in [2.24, 2.45) is 0 Å². The second-order valence-electron chi connectivity index (χ2n) is 3.61. The lowest BCUT2D eigenvalue weighted by Crippen LogP contribution is -1.93. The average Bonchev–Trinajstić information content (AvgIpc) is 2.85. The third kappa shape index (κ3) is 1.06. The first-order chi connectivity index (χ1) is 7.33. The minimum absolute atomic E-state index is 0.604. The molecule has 0 bridgehead atoms. The first kappa shape index (κ1) is 8.87. The normalized spacial score (nSPS) is 16.3. The number of hydrogen-bond acceptors (Lipinski definition) is 3. The van der Waals surface area contributed by atoms with E-state index in [1.807, 2.05) is 0 Å². The molecule has 0 aromatic heterocycles. The van der Waals surface area contributed by atoms with E-state index in [0.717, 1.165) is 24.0 Å². The summed E-state index contributed by atoms with van der Waals surface area (Å²) in [6, 6.07) is 2.19. The number of ether oxygens (including phenoxy) is 2. The number of hydrogen-bond donors (Lipinski definition) is 0. The molecule has 2 aliphatic heterocycles. The molecule has 4 heteroatoms. The van der Waals surface area contributed by atoms with E-state index in [1.54, 1.807) is 0 Å². The van der Waals surface area contributed by atoms with Gasteiger partial charge in [-0.25, -0.2) is 0 Å². The van der Waals surface area contributed by atoms with E-state index in [9.17, 15) is 0 Å². The Hall–Kier alpha value is -1.40. The van der Waals surface area contributed by atoms with Crippen LogP contribution in [-0.2, 0) is 12.8 Å². The second kappa shape index (κ2) is 3.04. The molecule has 1 aromatic rings. The van der Waals surface area contributed by atoms with Gasteiger partial charge in [0.15, 0.2) is 0 Å². The van der Waals surface area contributed by atoms with Crippen LogP contribution in [0.4, 0.5) is 0 Å². The van der Waals surface area contributed by atoms with Gasteiger partial charge < -0.3 is 9.47 Å². The Kier molecular flexibility index (Phi) is 1.80. The number of benzene rings is 1. The maximum atomic E-state index is 9.13. The predicted octanol–water partition coefficient (Wildman–Crippen LogP) is 2.08. The molecule has 3 nitrogen and oxygen atoms in total. The molecule has 0 amide bonds. The fourth-order valence-corrected chi connectivity index (χ4v) is 2.52. The number of halogens is 1. The first-order valence-corrected chi connectivity index (χ1v) is 5.23. The van der Waals surface area contributed by atoms with Crippen LogP contribution in [0, 0.1) is 11.3 Å². The topological polar surface area (TPSA) is 42.2 Å². The van der Waals surface area contributed by atoms with Gasteiger partial charge in [-0.2, -0.15) is 5.26 Å². The van der Waals surface area contributed by atoms with E-state index in [4.69, 9.17) is 26.3 Å². The zero-order valence-corrected chi connectivity index (χ0v) is 8.73. The highest BCUT2D eigenvalue weighted by molar-refractivity contribution is 6.33. The molecule has 15 heavy (non-hydrogen) atoms. The van der Waals surface area contributed by atoms with Gasteiger partial charge in [-0.15, -0.1) is 0 Å². The van der Waals surface area contributed by atoms with Crippen molar-refractivity contribution in [3.8, 4) is 17.6 Å². The van der Waals surface area contributed by atoms with Gasteiger partial charge in [-0.3, -0.25) is 0 Å². The van der Waals surface area contributed by atoms with Crippen LogP contribution in [0.3, 0.4) is 0 Å². The molecule has 3 rings (SSSR count). The summed E-state index contributed by atoms with van der Waals surface area (Å²) in [4.78, 5) is 0. The summed E-state index contributed by atoms with van der Waals surface area (Å²) in [6.45, 7) is 1.21. The third-order valence-electron chi connectivity index (χ3n) is 2.85. The lowest BCUT2D eigenvalue weighted by Gasteiger charge is -2.09. The summed E-state index contributed by atoms with van der Waals surface area (Å²) < 4.78 is 10.9. The Balaban J connectivity index is 2.37. The third-order valence-corrected chi connectivity index (χ3v) is 3.25. The van der Waals surface area contributed by atoms with Gasteiger partial charge in [0.1, 0.15) is 23.1 Å². The van der Waals surface area contributed by atoms with E-state index >= 15 is 0 Å². The number of rotatable bonds is 0. The lowest BCUT2D eigenvalue weighted by molar-refractivity contribution is 0.355. The fraction of sp³-hybridized carbons (Fsp3) is 0.364. The van der Waals surface area contributed by atoms with Crippen LogP contribution in [0.1, 0.15) is 16.7 Å². The van der Waals surface area contributed by atoms with Crippen LogP contribution >= 0.6 is 11.6 Å². The van der Waals surface area contributed by atoms with E-state index in [0.29, 0.717) is 35.3 Å². The highest BCUT2D eigenvalue weighted by Crippen LogP contribution is 2.46. The van der Waals surface area contributed by atoms with Crippen molar-refractivity contribution in [1.82, 2.24) is 0 Å². The van der Waals surface area contributed by atoms with Crippen molar-refractivity contribution < 1.29 is 9.47 Å². The van der Waals surface area contributed by atoms with Gasteiger partial charge >= 0.3 is 0 Å². The van der Waals surface area contributed by atoms with Gasteiger partial charge in [0.2, 0.25) is 0 Å². The fourth-order valence-electron chi connectivity index (χ4n) is 2.17. The van der Waals surface area contributed by atoms with Crippen LogP contribution in [0.15, 0.2) is 0 Å². The van der Waals surface area contributed by atoms with Gasteiger partial charge in [0, 0.05) is 24.0 Å². The SMILES string of the molecule is N#Cc1c2c(c(Cl)c3c1OCC3)OCC2. The Labute approximate surface area is 92.2 Å². The molecular weight excluding hydrogens is 214 g/mol. The number of fused-ring (bicyclic) bond motifs is 2. The monoisotopic (exact) mass is 221 g/mol. The summed E-state index contributed by atoms with van der Waals surface area (Å²) >= 11 is 6.21. The zero-order chi connectivity index (χ0) is 10.4. The maximum absolute atomic E-state index is 9.13. The van der Waals surface area contributed by atoms with Crippen molar-refractivity contribution in [1.29, 1.82) is 5.26 Å². The molecule has 76 valence electrons. The van der Waals surface area contributed by atoms with Crippen molar-refractivity contribution in [2.75, 3.05) is 13.2 Å². The van der Waals surface area contributed by atoms with Gasteiger partial charge in [0.25, 0.3) is 0 Å². The first-order valence-electron chi connectivity index (χ1n) is 4.86. The lowest BCUT2D eigenvalue weighted by atomic mass is 10.0. The standard InChI is InChI=1S/C11H8ClNO2/c12-9-7-2-4-14-10(7)8(5-13)6-1-3-15-11(6)9/h1-4H2.